The van der Waals surface area contributed by atoms with Gasteiger partial charge in [0.25, 0.3) is 5.91 Å². The molecule has 3 aromatic heterocycles. The van der Waals surface area contributed by atoms with E-state index in [1.54, 1.807) is 17.7 Å². The van der Waals surface area contributed by atoms with E-state index >= 15 is 0 Å². The number of fused-ring (bicyclic) bond motifs is 3. The van der Waals surface area contributed by atoms with E-state index in [2.05, 4.69) is 25.1 Å². The monoisotopic (exact) mass is 472 g/mol. The van der Waals surface area contributed by atoms with Gasteiger partial charge in [-0.25, -0.2) is 4.79 Å². The number of rotatable bonds is 6. The van der Waals surface area contributed by atoms with Crippen molar-refractivity contribution in [2.45, 2.75) is 25.4 Å². The predicted molar refractivity (Wildman–Crippen MR) is 134 cm³/mol. The third-order valence-electron chi connectivity index (χ3n) is 6.87. The van der Waals surface area contributed by atoms with E-state index < -0.39 is 0 Å². The number of nitrogens with zero attached hydrogens (tertiary/aromatic N) is 4. The van der Waals surface area contributed by atoms with E-state index in [1.165, 1.54) is 0 Å². The average Bonchev–Trinajstić information content (AvgIpc) is 3.54. The molecular formula is C26H28N6O3. The molecule has 0 atom stereocenters. The summed E-state index contributed by atoms with van der Waals surface area (Å²) in [7, 11) is 1.65. The first-order chi connectivity index (χ1) is 17.1. The molecule has 0 radical (unpaired) electrons. The number of benzene rings is 1. The fourth-order valence-corrected chi connectivity index (χ4v) is 4.80. The Hall–Kier alpha value is -3.85. The van der Waals surface area contributed by atoms with Gasteiger partial charge in [0, 0.05) is 56.7 Å². The molecule has 0 spiro atoms. The Kier molecular flexibility index (Phi) is 5.41. The quantitative estimate of drug-likeness (QED) is 0.448. The van der Waals surface area contributed by atoms with Crippen LogP contribution in [-0.2, 0) is 6.54 Å². The number of methoxy groups -OCH3 is 1. The van der Waals surface area contributed by atoms with Crippen LogP contribution in [0.25, 0.3) is 16.6 Å². The molecule has 4 heterocycles. The first-order valence-electron chi connectivity index (χ1n) is 12.0. The maximum absolute atomic E-state index is 12.4. The van der Waals surface area contributed by atoms with Crippen LogP contribution in [-0.4, -0.2) is 64.5 Å². The molecule has 1 saturated heterocycles. The van der Waals surface area contributed by atoms with Crippen LogP contribution in [0.1, 0.15) is 28.8 Å². The number of H-pyrrole nitrogens is 1. The summed E-state index contributed by atoms with van der Waals surface area (Å²) in [4.78, 5) is 37.0. The van der Waals surface area contributed by atoms with Crippen molar-refractivity contribution in [2.24, 2.45) is 0 Å². The first kappa shape index (κ1) is 21.7. The van der Waals surface area contributed by atoms with Crippen molar-refractivity contribution in [1.29, 1.82) is 0 Å². The van der Waals surface area contributed by atoms with Gasteiger partial charge in [-0.3, -0.25) is 19.1 Å². The lowest BCUT2D eigenvalue weighted by Gasteiger charge is -2.36. The minimum absolute atomic E-state index is 0.0368. The molecule has 2 N–H and O–H groups in total. The molecule has 1 amide bonds. The molecule has 35 heavy (non-hydrogen) atoms. The summed E-state index contributed by atoms with van der Waals surface area (Å²) in [5, 5.41) is 3.03. The van der Waals surface area contributed by atoms with Crippen LogP contribution in [0.2, 0.25) is 0 Å². The maximum Gasteiger partial charge on any atom is 0.330 e. The number of hydrogen-bond donors (Lipinski definition) is 2. The third kappa shape index (κ3) is 4.23. The van der Waals surface area contributed by atoms with Crippen molar-refractivity contribution in [3.8, 4) is 5.75 Å². The second-order valence-electron chi connectivity index (χ2n) is 9.33. The molecular weight excluding hydrogens is 444 g/mol. The molecule has 2 fully saturated rings. The summed E-state index contributed by atoms with van der Waals surface area (Å²) >= 11 is 0. The van der Waals surface area contributed by atoms with Crippen molar-refractivity contribution in [1.82, 2.24) is 24.6 Å². The minimum atomic E-state index is -0.157. The highest BCUT2D eigenvalue weighted by molar-refractivity contribution is 5.95. The zero-order valence-electron chi connectivity index (χ0n) is 19.7. The highest BCUT2D eigenvalue weighted by atomic mass is 16.5. The number of piperazine rings is 1. The third-order valence-corrected chi connectivity index (χ3v) is 6.87. The largest absolute Gasteiger partial charge is 0.495 e. The van der Waals surface area contributed by atoms with E-state index in [0.717, 1.165) is 79.1 Å². The summed E-state index contributed by atoms with van der Waals surface area (Å²) in [6.07, 6.45) is 5.77. The first-order valence-corrected chi connectivity index (χ1v) is 12.0. The highest BCUT2D eigenvalue weighted by Gasteiger charge is 2.25. The molecule has 0 bridgehead atoms. The molecule has 1 saturated carbocycles. The Labute approximate surface area is 202 Å². The summed E-state index contributed by atoms with van der Waals surface area (Å²) < 4.78 is 7.21. The molecule has 180 valence electrons. The Morgan fingerprint density at radius 3 is 2.77 bits per heavy atom. The molecule has 0 unspecified atom stereocenters. The van der Waals surface area contributed by atoms with Gasteiger partial charge in [-0.05, 0) is 54.8 Å². The van der Waals surface area contributed by atoms with E-state index in [9.17, 15) is 9.59 Å². The lowest BCUT2D eigenvalue weighted by atomic mass is 10.1. The van der Waals surface area contributed by atoms with Gasteiger partial charge in [-0.2, -0.15) is 0 Å². The second kappa shape index (κ2) is 8.74. The molecule has 2 aliphatic rings. The molecule has 4 aromatic rings. The molecule has 1 aliphatic carbocycles. The van der Waals surface area contributed by atoms with Crippen LogP contribution in [0.3, 0.4) is 0 Å². The Morgan fingerprint density at radius 2 is 2.00 bits per heavy atom. The van der Waals surface area contributed by atoms with Gasteiger partial charge >= 0.3 is 5.69 Å². The van der Waals surface area contributed by atoms with E-state index in [4.69, 9.17) is 4.74 Å². The number of carbonyl (C=O) groups is 1. The maximum atomic E-state index is 12.4. The van der Waals surface area contributed by atoms with Gasteiger partial charge in [0.05, 0.1) is 23.8 Å². The van der Waals surface area contributed by atoms with Crippen LogP contribution >= 0.6 is 0 Å². The topological polar surface area (TPSA) is 95.0 Å². The van der Waals surface area contributed by atoms with Gasteiger partial charge < -0.3 is 19.9 Å². The summed E-state index contributed by atoms with van der Waals surface area (Å²) in [5.74, 6) is 0.687. The van der Waals surface area contributed by atoms with Gasteiger partial charge in [-0.15, -0.1) is 0 Å². The number of hydrogen-bond acceptors (Lipinski definition) is 6. The lowest BCUT2D eigenvalue weighted by Crippen LogP contribution is -2.46. The number of carbonyl (C=O) groups excluding carboxylic acids is 1. The highest BCUT2D eigenvalue weighted by Crippen LogP contribution is 2.31. The Balaban J connectivity index is 1.13. The van der Waals surface area contributed by atoms with Gasteiger partial charge in [0.2, 0.25) is 0 Å². The molecule has 9 heteroatoms. The van der Waals surface area contributed by atoms with Crippen molar-refractivity contribution < 1.29 is 9.53 Å². The van der Waals surface area contributed by atoms with E-state index in [0.29, 0.717) is 11.6 Å². The summed E-state index contributed by atoms with van der Waals surface area (Å²) in [5.41, 5.74) is 4.93. The van der Waals surface area contributed by atoms with E-state index in [-0.39, 0.29) is 11.6 Å². The summed E-state index contributed by atoms with van der Waals surface area (Å²) in [6.45, 7) is 4.25. The Bertz CT molecular complexity index is 1460. The van der Waals surface area contributed by atoms with Crippen molar-refractivity contribution >= 4 is 28.1 Å². The number of aromatic nitrogens is 3. The van der Waals surface area contributed by atoms with Crippen LogP contribution in [0.4, 0.5) is 5.69 Å². The van der Waals surface area contributed by atoms with Crippen LogP contribution in [0, 0.1) is 0 Å². The number of anilines is 1. The number of amides is 1. The molecule has 6 rings (SSSR count). The van der Waals surface area contributed by atoms with E-state index in [1.807, 2.05) is 42.6 Å². The number of pyridine rings is 1. The van der Waals surface area contributed by atoms with Gasteiger partial charge in [-0.1, -0.05) is 0 Å². The predicted octanol–water partition coefficient (Wildman–Crippen LogP) is 2.40. The van der Waals surface area contributed by atoms with Crippen molar-refractivity contribution in [2.75, 3.05) is 38.2 Å². The minimum Gasteiger partial charge on any atom is -0.495 e. The van der Waals surface area contributed by atoms with Crippen LogP contribution in [0.15, 0.2) is 53.6 Å². The lowest BCUT2D eigenvalue weighted by molar-refractivity contribution is 0.0950. The van der Waals surface area contributed by atoms with Crippen LogP contribution in [0.5, 0.6) is 5.75 Å². The van der Waals surface area contributed by atoms with Crippen molar-refractivity contribution in [3.63, 3.8) is 0 Å². The van der Waals surface area contributed by atoms with Crippen LogP contribution < -0.4 is 20.6 Å². The second-order valence-corrected chi connectivity index (χ2v) is 9.33. The van der Waals surface area contributed by atoms with Gasteiger partial charge in [0.1, 0.15) is 11.3 Å². The normalized spacial score (nSPS) is 16.7. The fraction of sp³-hybridized carbons (Fsp3) is 0.346. The zero-order chi connectivity index (χ0) is 23.9. The SMILES string of the molecule is COc1cc(C(=O)NC2CC2)ccc1N1CCN(Cc2cnc3c(c2)[nH]c(=O)n2cccc32)CC1. The fourth-order valence-electron chi connectivity index (χ4n) is 4.80. The summed E-state index contributed by atoms with van der Waals surface area (Å²) in [6, 6.07) is 11.8. The zero-order valence-corrected chi connectivity index (χ0v) is 19.7. The average molecular weight is 473 g/mol. The smallest absolute Gasteiger partial charge is 0.330 e. The van der Waals surface area contributed by atoms with Crippen molar-refractivity contribution in [3.05, 3.63) is 70.4 Å². The molecule has 1 aromatic carbocycles. The molecule has 1 aliphatic heterocycles. The Morgan fingerprint density at radius 1 is 1.17 bits per heavy atom. The number of aromatic amines is 1. The number of ether oxygens (including phenoxy) is 1. The standard InChI is InChI=1S/C26H28N6O3/c1-35-23-14-18(25(33)28-19-5-6-19)4-7-21(23)31-11-9-30(10-12-31)16-17-13-20-24(27-15-17)22-3-2-8-32(22)26(34)29-20/h2-4,7-8,13-15,19H,5-6,9-12,16H2,1H3,(H,28,33)(H,29,34). The number of nitrogens with one attached hydrogen (secondary N) is 2. The molecule has 9 nitrogen and oxygen atoms in total. The van der Waals surface area contributed by atoms with Gasteiger partial charge in [0.15, 0.2) is 0 Å².